The van der Waals surface area contributed by atoms with Gasteiger partial charge in [-0.25, -0.2) is 0 Å². The SMILES string of the molecule is CN=C(NCC1CCOc2ccccc21)NC(C)C(C)C.I. The molecule has 5 heteroatoms. The molecule has 1 aromatic carbocycles. The Bertz CT molecular complexity index is 491. The first-order valence-corrected chi connectivity index (χ1v) is 7.80. The number of guanidine groups is 1. The molecule has 0 aliphatic carbocycles. The van der Waals surface area contributed by atoms with Crippen LogP contribution in [0.4, 0.5) is 0 Å². The number of halogens is 1. The monoisotopic (exact) mass is 417 g/mol. The first kappa shape index (κ1) is 19.1. The average Bonchev–Trinajstić information content (AvgIpc) is 2.51. The summed E-state index contributed by atoms with van der Waals surface area (Å²) in [4.78, 5) is 4.31. The van der Waals surface area contributed by atoms with Crippen molar-refractivity contribution in [3.05, 3.63) is 29.8 Å². The van der Waals surface area contributed by atoms with Crippen molar-refractivity contribution in [2.24, 2.45) is 10.9 Å². The van der Waals surface area contributed by atoms with E-state index >= 15 is 0 Å². The number of fused-ring (bicyclic) bond motifs is 1. The molecule has 2 unspecified atom stereocenters. The Morgan fingerprint density at radius 2 is 2.05 bits per heavy atom. The summed E-state index contributed by atoms with van der Waals surface area (Å²) in [5.41, 5.74) is 1.30. The van der Waals surface area contributed by atoms with Crippen LogP contribution in [0, 0.1) is 5.92 Å². The number of nitrogens with zero attached hydrogens (tertiary/aromatic N) is 1. The summed E-state index contributed by atoms with van der Waals surface area (Å²) in [5, 5.41) is 6.89. The van der Waals surface area contributed by atoms with Crippen LogP contribution in [0.15, 0.2) is 29.3 Å². The molecule has 1 heterocycles. The molecule has 0 bridgehead atoms. The van der Waals surface area contributed by atoms with Gasteiger partial charge in [-0.3, -0.25) is 4.99 Å². The molecule has 2 rings (SSSR count). The van der Waals surface area contributed by atoms with Crippen LogP contribution in [0.3, 0.4) is 0 Å². The van der Waals surface area contributed by atoms with Gasteiger partial charge in [-0.1, -0.05) is 32.0 Å². The van der Waals surface area contributed by atoms with Gasteiger partial charge in [0.15, 0.2) is 5.96 Å². The van der Waals surface area contributed by atoms with Gasteiger partial charge in [0, 0.05) is 25.6 Å². The van der Waals surface area contributed by atoms with Crippen LogP contribution < -0.4 is 15.4 Å². The second-order valence-electron chi connectivity index (χ2n) is 6.00. The van der Waals surface area contributed by atoms with Crippen LogP contribution in [0.25, 0.3) is 0 Å². The molecule has 2 atom stereocenters. The zero-order valence-corrected chi connectivity index (χ0v) is 16.3. The standard InChI is InChI=1S/C17H27N3O.HI/c1-12(2)13(3)20-17(18-4)19-11-14-9-10-21-16-8-6-5-7-15(14)16;/h5-8,12-14H,9-11H2,1-4H3,(H2,18,19,20);1H. The van der Waals surface area contributed by atoms with Crippen molar-refractivity contribution in [1.29, 1.82) is 0 Å². The van der Waals surface area contributed by atoms with Crippen LogP contribution in [0.2, 0.25) is 0 Å². The lowest BCUT2D eigenvalue weighted by Gasteiger charge is -2.27. The Hall–Kier alpha value is -0.980. The van der Waals surface area contributed by atoms with E-state index in [1.807, 2.05) is 13.1 Å². The van der Waals surface area contributed by atoms with E-state index in [0.717, 1.165) is 31.3 Å². The predicted octanol–water partition coefficient (Wildman–Crippen LogP) is 3.38. The summed E-state index contributed by atoms with van der Waals surface area (Å²) in [5.74, 6) is 2.95. The molecule has 1 aromatic rings. The van der Waals surface area contributed by atoms with Crippen LogP contribution >= 0.6 is 24.0 Å². The van der Waals surface area contributed by atoms with Gasteiger partial charge in [0.05, 0.1) is 6.61 Å². The van der Waals surface area contributed by atoms with Crippen molar-refractivity contribution >= 4 is 29.9 Å². The highest BCUT2D eigenvalue weighted by Gasteiger charge is 2.21. The van der Waals surface area contributed by atoms with Crippen molar-refractivity contribution in [2.75, 3.05) is 20.2 Å². The smallest absolute Gasteiger partial charge is 0.191 e. The Kier molecular flexibility index (Phi) is 8.00. The number of hydrogen-bond acceptors (Lipinski definition) is 2. The second kappa shape index (κ2) is 9.22. The highest BCUT2D eigenvalue weighted by molar-refractivity contribution is 14.0. The normalized spacial score (nSPS) is 18.8. The molecule has 0 fully saturated rings. The molecule has 22 heavy (non-hydrogen) atoms. The van der Waals surface area contributed by atoms with Crippen molar-refractivity contribution in [2.45, 2.75) is 39.2 Å². The number of para-hydroxylation sites is 1. The minimum Gasteiger partial charge on any atom is -0.493 e. The van der Waals surface area contributed by atoms with E-state index in [0.29, 0.717) is 17.9 Å². The van der Waals surface area contributed by atoms with E-state index in [4.69, 9.17) is 4.74 Å². The molecule has 0 saturated carbocycles. The summed E-state index contributed by atoms with van der Waals surface area (Å²) in [6, 6.07) is 8.72. The van der Waals surface area contributed by atoms with E-state index < -0.39 is 0 Å². The first-order valence-electron chi connectivity index (χ1n) is 7.80. The average molecular weight is 417 g/mol. The minimum atomic E-state index is 0. The van der Waals surface area contributed by atoms with Crippen LogP contribution in [-0.2, 0) is 0 Å². The summed E-state index contributed by atoms with van der Waals surface area (Å²) < 4.78 is 5.71. The Labute approximate surface area is 151 Å². The zero-order chi connectivity index (χ0) is 15.2. The Morgan fingerprint density at radius 3 is 2.73 bits per heavy atom. The van der Waals surface area contributed by atoms with Crippen molar-refractivity contribution in [3.8, 4) is 5.75 Å². The molecule has 0 saturated heterocycles. The zero-order valence-electron chi connectivity index (χ0n) is 13.9. The minimum absolute atomic E-state index is 0. The van der Waals surface area contributed by atoms with Crippen LogP contribution in [0.5, 0.6) is 5.75 Å². The largest absolute Gasteiger partial charge is 0.493 e. The van der Waals surface area contributed by atoms with E-state index in [1.54, 1.807) is 0 Å². The van der Waals surface area contributed by atoms with Crippen LogP contribution in [0.1, 0.15) is 38.7 Å². The van der Waals surface area contributed by atoms with Gasteiger partial charge in [-0.15, -0.1) is 24.0 Å². The lowest BCUT2D eigenvalue weighted by atomic mass is 9.93. The highest BCUT2D eigenvalue weighted by atomic mass is 127. The number of hydrogen-bond donors (Lipinski definition) is 2. The molecule has 1 aliphatic heterocycles. The van der Waals surface area contributed by atoms with Crippen molar-refractivity contribution in [1.82, 2.24) is 10.6 Å². The quantitative estimate of drug-likeness (QED) is 0.449. The number of aliphatic imine (C=N–C) groups is 1. The fourth-order valence-electron chi connectivity index (χ4n) is 2.42. The summed E-state index contributed by atoms with van der Waals surface area (Å²) >= 11 is 0. The molecule has 124 valence electrons. The first-order chi connectivity index (χ1) is 10.1. The summed E-state index contributed by atoms with van der Waals surface area (Å²) in [6.45, 7) is 8.27. The van der Waals surface area contributed by atoms with Gasteiger partial charge < -0.3 is 15.4 Å². The summed E-state index contributed by atoms with van der Waals surface area (Å²) in [7, 11) is 1.82. The number of benzene rings is 1. The third-order valence-corrected chi connectivity index (χ3v) is 4.19. The molecule has 0 aromatic heterocycles. The molecule has 4 nitrogen and oxygen atoms in total. The van der Waals surface area contributed by atoms with E-state index in [-0.39, 0.29) is 24.0 Å². The maximum absolute atomic E-state index is 5.71. The number of rotatable bonds is 4. The van der Waals surface area contributed by atoms with Crippen LogP contribution in [-0.4, -0.2) is 32.2 Å². The lowest BCUT2D eigenvalue weighted by Crippen LogP contribution is -2.45. The summed E-state index contributed by atoms with van der Waals surface area (Å²) in [6.07, 6.45) is 1.04. The third-order valence-electron chi connectivity index (χ3n) is 4.19. The molecule has 0 radical (unpaired) electrons. The van der Waals surface area contributed by atoms with E-state index in [2.05, 4.69) is 54.6 Å². The molecule has 1 aliphatic rings. The van der Waals surface area contributed by atoms with Gasteiger partial charge in [-0.05, 0) is 30.9 Å². The van der Waals surface area contributed by atoms with Gasteiger partial charge in [0.25, 0.3) is 0 Å². The van der Waals surface area contributed by atoms with Gasteiger partial charge >= 0.3 is 0 Å². The maximum Gasteiger partial charge on any atom is 0.191 e. The van der Waals surface area contributed by atoms with Crippen molar-refractivity contribution in [3.63, 3.8) is 0 Å². The second-order valence-corrected chi connectivity index (χ2v) is 6.00. The van der Waals surface area contributed by atoms with E-state index in [9.17, 15) is 0 Å². The molecular formula is C17H28IN3O. The van der Waals surface area contributed by atoms with Gasteiger partial charge in [-0.2, -0.15) is 0 Å². The Morgan fingerprint density at radius 1 is 1.32 bits per heavy atom. The highest BCUT2D eigenvalue weighted by Crippen LogP contribution is 2.32. The number of nitrogens with one attached hydrogen (secondary N) is 2. The lowest BCUT2D eigenvalue weighted by molar-refractivity contribution is 0.267. The predicted molar refractivity (Wildman–Crippen MR) is 104 cm³/mol. The molecular weight excluding hydrogens is 389 g/mol. The molecule has 2 N–H and O–H groups in total. The maximum atomic E-state index is 5.71. The fraction of sp³-hybridized carbons (Fsp3) is 0.588. The van der Waals surface area contributed by atoms with Crippen molar-refractivity contribution < 1.29 is 4.74 Å². The fourth-order valence-corrected chi connectivity index (χ4v) is 2.42. The topological polar surface area (TPSA) is 45.7 Å². The molecule has 0 spiro atoms. The van der Waals surface area contributed by atoms with Gasteiger partial charge in [0.2, 0.25) is 0 Å². The third kappa shape index (κ3) is 5.04. The number of ether oxygens (including phenoxy) is 1. The van der Waals surface area contributed by atoms with Gasteiger partial charge in [0.1, 0.15) is 5.75 Å². The molecule has 0 amide bonds. The Balaban J connectivity index is 0.00000242. The van der Waals surface area contributed by atoms with E-state index in [1.165, 1.54) is 5.56 Å².